The Bertz CT molecular complexity index is 932. The Hall–Kier alpha value is -1.91. The van der Waals surface area contributed by atoms with Crippen LogP contribution in [0.2, 0.25) is 0 Å². The van der Waals surface area contributed by atoms with Crippen molar-refractivity contribution in [1.82, 2.24) is 15.2 Å². The molecule has 2 aromatic rings. The van der Waals surface area contributed by atoms with E-state index >= 15 is 0 Å². The maximum Gasteiger partial charge on any atom is 0.225 e. The molecule has 1 amide bonds. The summed E-state index contributed by atoms with van der Waals surface area (Å²) in [7, 11) is 0. The number of aliphatic hydroxyl groups excluding tert-OH is 1. The van der Waals surface area contributed by atoms with Gasteiger partial charge in [-0.25, -0.2) is 4.98 Å². The molecule has 2 fully saturated rings. The van der Waals surface area contributed by atoms with E-state index < -0.39 is 12.1 Å². The highest BCUT2D eigenvalue weighted by Gasteiger charge is 2.33. The van der Waals surface area contributed by atoms with Crippen LogP contribution in [-0.4, -0.2) is 65.8 Å². The number of hydrogen-bond donors (Lipinski definition) is 2. The largest absolute Gasteiger partial charge is 0.475 e. The minimum atomic E-state index is -0.834. The molecule has 0 saturated carbocycles. The molecule has 1 aromatic carbocycles. The summed E-state index contributed by atoms with van der Waals surface area (Å²) in [5.74, 6) is 0.462. The molecule has 34 heavy (non-hydrogen) atoms. The van der Waals surface area contributed by atoms with E-state index in [-0.39, 0.29) is 17.9 Å². The molecule has 8 heteroatoms. The Morgan fingerprint density at radius 1 is 1.18 bits per heavy atom. The van der Waals surface area contributed by atoms with Gasteiger partial charge in [-0.2, -0.15) is 0 Å². The van der Waals surface area contributed by atoms with E-state index in [1.165, 1.54) is 3.57 Å². The van der Waals surface area contributed by atoms with Crippen LogP contribution in [0.5, 0.6) is 5.88 Å². The number of carbonyl (C=O) groups is 1. The first-order chi connectivity index (χ1) is 16.4. The average Bonchev–Trinajstić information content (AvgIpc) is 3.51. The molecule has 3 atom stereocenters. The number of aromatic nitrogens is 1. The number of rotatable bonds is 9. The first-order valence-electron chi connectivity index (χ1n) is 12.2. The van der Waals surface area contributed by atoms with E-state index in [1.807, 2.05) is 19.9 Å². The van der Waals surface area contributed by atoms with Crippen LogP contribution in [0.25, 0.3) is 0 Å². The molecule has 3 heterocycles. The van der Waals surface area contributed by atoms with E-state index in [2.05, 4.69) is 67.0 Å². The van der Waals surface area contributed by atoms with Crippen molar-refractivity contribution < 1.29 is 14.6 Å². The van der Waals surface area contributed by atoms with Crippen LogP contribution in [0.4, 0.5) is 5.69 Å². The van der Waals surface area contributed by atoms with Crippen molar-refractivity contribution >= 4 is 34.2 Å². The van der Waals surface area contributed by atoms with E-state index in [0.717, 1.165) is 44.6 Å². The van der Waals surface area contributed by atoms with Crippen LogP contribution in [0.3, 0.4) is 0 Å². The lowest BCUT2D eigenvalue weighted by atomic mass is 10.0. The van der Waals surface area contributed by atoms with Gasteiger partial charge in [-0.1, -0.05) is 0 Å². The number of anilines is 1. The SMILES string of the molecule is CC(C)Oc1ccc([C@@H](O)[C@@H](CN2CCCC2)NC(=O)C2CCN(c3ccc(I)cc3)C2)cn1. The second kappa shape index (κ2) is 11.7. The first-order valence-corrected chi connectivity index (χ1v) is 13.3. The predicted molar refractivity (Wildman–Crippen MR) is 142 cm³/mol. The van der Waals surface area contributed by atoms with Crippen LogP contribution in [-0.2, 0) is 4.79 Å². The van der Waals surface area contributed by atoms with Crippen molar-refractivity contribution in [2.24, 2.45) is 5.92 Å². The number of pyridine rings is 1. The number of benzene rings is 1. The van der Waals surface area contributed by atoms with Crippen LogP contribution in [0, 0.1) is 9.49 Å². The van der Waals surface area contributed by atoms with E-state index in [9.17, 15) is 9.90 Å². The van der Waals surface area contributed by atoms with Gasteiger partial charge in [-0.3, -0.25) is 4.79 Å². The fourth-order valence-electron chi connectivity index (χ4n) is 4.74. The highest BCUT2D eigenvalue weighted by molar-refractivity contribution is 14.1. The lowest BCUT2D eigenvalue weighted by Crippen LogP contribution is -2.48. The van der Waals surface area contributed by atoms with E-state index in [1.54, 1.807) is 12.3 Å². The molecule has 4 rings (SSSR count). The normalized spacial score (nSPS) is 20.5. The van der Waals surface area contributed by atoms with Gasteiger partial charge in [0.2, 0.25) is 11.8 Å². The summed E-state index contributed by atoms with van der Waals surface area (Å²) in [4.78, 5) is 22.2. The van der Waals surface area contributed by atoms with Crippen LogP contribution >= 0.6 is 22.6 Å². The first kappa shape index (κ1) is 25.2. The van der Waals surface area contributed by atoms with Crippen LogP contribution < -0.4 is 15.0 Å². The molecular formula is C26H35IN4O3. The third-order valence-electron chi connectivity index (χ3n) is 6.57. The number of nitrogens with zero attached hydrogens (tertiary/aromatic N) is 3. The summed E-state index contributed by atoms with van der Waals surface area (Å²) < 4.78 is 6.83. The molecule has 2 aliphatic heterocycles. The van der Waals surface area contributed by atoms with Gasteiger partial charge in [0.25, 0.3) is 0 Å². The highest BCUT2D eigenvalue weighted by Crippen LogP contribution is 2.26. The third kappa shape index (κ3) is 6.60. The van der Waals surface area contributed by atoms with Crippen molar-refractivity contribution in [3.63, 3.8) is 0 Å². The quantitative estimate of drug-likeness (QED) is 0.443. The van der Waals surface area contributed by atoms with Gasteiger partial charge < -0.3 is 25.0 Å². The summed E-state index contributed by atoms with van der Waals surface area (Å²) in [6.45, 7) is 8.10. The fraction of sp³-hybridized carbons (Fsp3) is 0.538. The van der Waals surface area contributed by atoms with Crippen molar-refractivity contribution in [3.05, 3.63) is 51.7 Å². The lowest BCUT2D eigenvalue weighted by molar-refractivity contribution is -0.126. The molecule has 2 N–H and O–H groups in total. The van der Waals surface area contributed by atoms with E-state index in [4.69, 9.17) is 4.74 Å². The van der Waals surface area contributed by atoms with Crippen LogP contribution in [0.1, 0.15) is 44.8 Å². The Morgan fingerprint density at radius 3 is 2.56 bits per heavy atom. The zero-order chi connectivity index (χ0) is 24.1. The Kier molecular flexibility index (Phi) is 8.65. The summed E-state index contributed by atoms with van der Waals surface area (Å²) in [6.07, 6.45) is 3.99. The molecule has 7 nitrogen and oxygen atoms in total. The minimum Gasteiger partial charge on any atom is -0.475 e. The molecule has 1 aromatic heterocycles. The number of halogens is 1. The van der Waals surface area contributed by atoms with Crippen molar-refractivity contribution in [3.8, 4) is 5.88 Å². The van der Waals surface area contributed by atoms with E-state index in [0.29, 0.717) is 24.5 Å². The van der Waals surface area contributed by atoms with Gasteiger partial charge in [0.1, 0.15) is 6.10 Å². The topological polar surface area (TPSA) is 77.9 Å². The summed E-state index contributed by atoms with van der Waals surface area (Å²) >= 11 is 2.30. The van der Waals surface area contributed by atoms with Crippen molar-refractivity contribution in [2.45, 2.75) is 51.4 Å². The fourth-order valence-corrected chi connectivity index (χ4v) is 5.10. The number of ether oxygens (including phenoxy) is 1. The summed E-state index contributed by atoms with van der Waals surface area (Å²) in [6, 6.07) is 11.6. The molecule has 0 spiro atoms. The van der Waals surface area contributed by atoms with Gasteiger partial charge >= 0.3 is 0 Å². The lowest BCUT2D eigenvalue weighted by Gasteiger charge is -2.29. The maximum atomic E-state index is 13.3. The maximum absolute atomic E-state index is 13.3. The second-order valence-electron chi connectivity index (χ2n) is 9.57. The number of hydrogen-bond acceptors (Lipinski definition) is 6. The number of amides is 1. The Morgan fingerprint density at radius 2 is 1.91 bits per heavy atom. The van der Waals surface area contributed by atoms with Gasteiger partial charge in [0.15, 0.2) is 0 Å². The highest BCUT2D eigenvalue weighted by atomic mass is 127. The predicted octanol–water partition coefficient (Wildman–Crippen LogP) is 3.61. The van der Waals surface area contributed by atoms with Gasteiger partial charge in [0, 0.05) is 46.7 Å². The molecule has 2 aliphatic rings. The summed E-state index contributed by atoms with van der Waals surface area (Å²) in [5, 5.41) is 14.4. The Balaban J connectivity index is 1.42. The molecule has 0 aliphatic carbocycles. The molecule has 184 valence electrons. The monoisotopic (exact) mass is 578 g/mol. The number of aliphatic hydroxyl groups is 1. The summed E-state index contributed by atoms with van der Waals surface area (Å²) in [5.41, 5.74) is 1.84. The Labute approximate surface area is 216 Å². The average molecular weight is 578 g/mol. The second-order valence-corrected chi connectivity index (χ2v) is 10.8. The van der Waals surface area contributed by atoms with Crippen LogP contribution in [0.15, 0.2) is 42.6 Å². The molecule has 2 saturated heterocycles. The third-order valence-corrected chi connectivity index (χ3v) is 7.29. The number of likely N-dealkylation sites (tertiary alicyclic amines) is 1. The zero-order valence-corrected chi connectivity index (χ0v) is 22.1. The zero-order valence-electron chi connectivity index (χ0n) is 20.0. The van der Waals surface area contributed by atoms with Gasteiger partial charge in [-0.05, 0) is 99.1 Å². The molecule has 0 radical (unpaired) electrons. The molecule has 1 unspecified atom stereocenters. The smallest absolute Gasteiger partial charge is 0.225 e. The molecule has 0 bridgehead atoms. The van der Waals surface area contributed by atoms with Crippen molar-refractivity contribution in [2.75, 3.05) is 37.6 Å². The standard InChI is InChI=1S/C26H35IN4O3/c1-18(2)34-24-10-5-19(15-28-24)25(32)23(17-30-12-3-4-13-30)29-26(33)20-11-14-31(16-20)22-8-6-21(27)7-9-22/h5-10,15,18,20,23,25,32H,3-4,11-14,16-17H2,1-2H3,(H,29,33)/t20?,23-,25-/m1/s1. The van der Waals surface area contributed by atoms with Gasteiger partial charge in [-0.15, -0.1) is 0 Å². The molecular weight excluding hydrogens is 543 g/mol. The van der Waals surface area contributed by atoms with Crippen molar-refractivity contribution in [1.29, 1.82) is 0 Å². The number of nitrogens with one attached hydrogen (secondary N) is 1. The van der Waals surface area contributed by atoms with Gasteiger partial charge in [0.05, 0.1) is 18.1 Å². The number of carbonyl (C=O) groups excluding carboxylic acids is 1. The minimum absolute atomic E-state index is 0.0176.